The quantitative estimate of drug-likeness (QED) is 0.845. The van der Waals surface area contributed by atoms with Gasteiger partial charge in [0.2, 0.25) is 0 Å². The summed E-state index contributed by atoms with van der Waals surface area (Å²) in [4.78, 5) is 26.9. The standard InChI is InChI=1S/C14H16N2O4/c1-3-20-12(17)7-8-16-9(2)15-13-10(14(18)19)5-4-6-11(13)16/h4-6H,3,7-8H2,1-2H3,(H,18,19). The van der Waals surface area contributed by atoms with E-state index in [4.69, 9.17) is 9.84 Å². The molecule has 2 aromatic rings. The van der Waals surface area contributed by atoms with E-state index in [9.17, 15) is 9.59 Å². The lowest BCUT2D eigenvalue weighted by Gasteiger charge is -2.06. The molecular formula is C14H16N2O4. The summed E-state index contributed by atoms with van der Waals surface area (Å²) < 4.78 is 6.72. The van der Waals surface area contributed by atoms with Gasteiger partial charge in [0.25, 0.3) is 0 Å². The van der Waals surface area contributed by atoms with Crippen LogP contribution in [0.2, 0.25) is 0 Å². The van der Waals surface area contributed by atoms with Gasteiger partial charge in [-0.1, -0.05) is 6.07 Å². The van der Waals surface area contributed by atoms with Gasteiger partial charge in [-0.3, -0.25) is 4.79 Å². The summed E-state index contributed by atoms with van der Waals surface area (Å²) in [6.45, 7) is 4.32. The molecule has 0 fully saturated rings. The molecule has 1 aromatic carbocycles. The zero-order chi connectivity index (χ0) is 14.7. The SMILES string of the molecule is CCOC(=O)CCn1c(C)nc2c(C(=O)O)cccc21. The van der Waals surface area contributed by atoms with Crippen LogP contribution in [-0.4, -0.2) is 33.2 Å². The third-order valence-electron chi connectivity index (χ3n) is 3.05. The fourth-order valence-corrected chi connectivity index (χ4v) is 2.15. The van der Waals surface area contributed by atoms with Crippen molar-refractivity contribution in [3.8, 4) is 0 Å². The summed E-state index contributed by atoms with van der Waals surface area (Å²) in [5, 5.41) is 9.15. The number of aromatic carboxylic acids is 1. The molecule has 20 heavy (non-hydrogen) atoms. The Hall–Kier alpha value is -2.37. The number of carboxylic acid groups (broad SMARTS) is 1. The van der Waals surface area contributed by atoms with E-state index in [1.165, 1.54) is 6.07 Å². The molecule has 0 aliphatic carbocycles. The Balaban J connectivity index is 2.34. The summed E-state index contributed by atoms with van der Waals surface area (Å²) in [5.74, 6) is -0.605. The van der Waals surface area contributed by atoms with Crippen LogP contribution in [0.1, 0.15) is 29.5 Å². The second-order valence-corrected chi connectivity index (χ2v) is 4.34. The highest BCUT2D eigenvalue weighted by molar-refractivity contribution is 6.01. The minimum Gasteiger partial charge on any atom is -0.478 e. The second kappa shape index (κ2) is 5.73. The number of benzene rings is 1. The highest BCUT2D eigenvalue weighted by Crippen LogP contribution is 2.20. The summed E-state index contributed by atoms with van der Waals surface area (Å²) >= 11 is 0. The lowest BCUT2D eigenvalue weighted by molar-refractivity contribution is -0.143. The van der Waals surface area contributed by atoms with E-state index in [1.54, 1.807) is 26.0 Å². The van der Waals surface area contributed by atoms with Gasteiger partial charge in [-0.2, -0.15) is 0 Å². The Morgan fingerprint density at radius 3 is 2.80 bits per heavy atom. The predicted molar refractivity (Wildman–Crippen MR) is 72.7 cm³/mol. The van der Waals surface area contributed by atoms with Gasteiger partial charge < -0.3 is 14.4 Å². The van der Waals surface area contributed by atoms with Gasteiger partial charge >= 0.3 is 11.9 Å². The third-order valence-corrected chi connectivity index (χ3v) is 3.05. The van der Waals surface area contributed by atoms with E-state index in [1.807, 2.05) is 4.57 Å². The van der Waals surface area contributed by atoms with Gasteiger partial charge in [0, 0.05) is 6.54 Å². The number of carboxylic acids is 1. The van der Waals surface area contributed by atoms with Crippen LogP contribution in [0.5, 0.6) is 0 Å². The van der Waals surface area contributed by atoms with Crippen molar-refractivity contribution in [3.63, 3.8) is 0 Å². The van der Waals surface area contributed by atoms with Gasteiger partial charge in [-0.05, 0) is 26.0 Å². The zero-order valence-corrected chi connectivity index (χ0v) is 11.4. The van der Waals surface area contributed by atoms with Crippen molar-refractivity contribution in [2.75, 3.05) is 6.61 Å². The van der Waals surface area contributed by atoms with Crippen molar-refractivity contribution < 1.29 is 19.4 Å². The number of aryl methyl sites for hydroxylation is 2. The van der Waals surface area contributed by atoms with Crippen LogP contribution in [0.3, 0.4) is 0 Å². The first kappa shape index (κ1) is 14.0. The minimum atomic E-state index is -1.01. The smallest absolute Gasteiger partial charge is 0.337 e. The van der Waals surface area contributed by atoms with Crippen LogP contribution in [0.15, 0.2) is 18.2 Å². The average molecular weight is 276 g/mol. The molecule has 1 heterocycles. The van der Waals surface area contributed by atoms with Gasteiger partial charge in [-0.15, -0.1) is 0 Å². The van der Waals surface area contributed by atoms with E-state index < -0.39 is 5.97 Å². The van der Waals surface area contributed by atoms with Crippen molar-refractivity contribution in [1.82, 2.24) is 9.55 Å². The molecule has 106 valence electrons. The number of fused-ring (bicyclic) bond motifs is 1. The molecular weight excluding hydrogens is 260 g/mol. The summed E-state index contributed by atoms with van der Waals surface area (Å²) in [7, 11) is 0. The Kier molecular flexibility index (Phi) is 4.02. The number of esters is 1. The molecule has 0 spiro atoms. The highest BCUT2D eigenvalue weighted by Gasteiger charge is 2.15. The fourth-order valence-electron chi connectivity index (χ4n) is 2.15. The van der Waals surface area contributed by atoms with Crippen LogP contribution in [-0.2, 0) is 16.1 Å². The maximum atomic E-state index is 11.4. The van der Waals surface area contributed by atoms with Crippen molar-refractivity contribution >= 4 is 23.0 Å². The molecule has 6 nitrogen and oxygen atoms in total. The highest BCUT2D eigenvalue weighted by atomic mass is 16.5. The first-order valence-corrected chi connectivity index (χ1v) is 6.39. The summed E-state index contributed by atoms with van der Waals surface area (Å²) in [6, 6.07) is 4.99. The van der Waals surface area contributed by atoms with Gasteiger partial charge in [0.1, 0.15) is 11.3 Å². The maximum Gasteiger partial charge on any atom is 0.337 e. The molecule has 0 radical (unpaired) electrons. The molecule has 0 atom stereocenters. The number of ether oxygens (including phenoxy) is 1. The van der Waals surface area contributed by atoms with Gasteiger partial charge in [0.05, 0.1) is 24.1 Å². The lowest BCUT2D eigenvalue weighted by atomic mass is 10.2. The van der Waals surface area contributed by atoms with Crippen molar-refractivity contribution in [2.24, 2.45) is 0 Å². The first-order valence-electron chi connectivity index (χ1n) is 6.39. The molecule has 1 aromatic heterocycles. The molecule has 0 saturated carbocycles. The van der Waals surface area contributed by atoms with Crippen LogP contribution in [0.4, 0.5) is 0 Å². The Morgan fingerprint density at radius 2 is 2.15 bits per heavy atom. The number of nitrogens with zero attached hydrogens (tertiary/aromatic N) is 2. The Bertz CT molecular complexity index is 660. The summed E-state index contributed by atoms with van der Waals surface area (Å²) in [5.41, 5.74) is 1.33. The molecule has 0 aliphatic rings. The molecule has 0 unspecified atom stereocenters. The molecule has 6 heteroatoms. The van der Waals surface area contributed by atoms with Crippen molar-refractivity contribution in [2.45, 2.75) is 26.8 Å². The lowest BCUT2D eigenvalue weighted by Crippen LogP contribution is -2.09. The van der Waals surface area contributed by atoms with E-state index in [0.717, 1.165) is 0 Å². The number of hydrogen-bond donors (Lipinski definition) is 1. The number of para-hydroxylation sites is 1. The monoisotopic (exact) mass is 276 g/mol. The summed E-state index contributed by atoms with van der Waals surface area (Å²) in [6.07, 6.45) is 0.234. The third kappa shape index (κ3) is 2.64. The maximum absolute atomic E-state index is 11.4. The van der Waals surface area contributed by atoms with Crippen LogP contribution < -0.4 is 0 Å². The number of rotatable bonds is 5. The predicted octanol–water partition coefficient (Wildman–Crippen LogP) is 2.00. The normalized spacial score (nSPS) is 10.7. The topological polar surface area (TPSA) is 81.4 Å². The van der Waals surface area contributed by atoms with Crippen LogP contribution in [0.25, 0.3) is 11.0 Å². The number of hydrogen-bond acceptors (Lipinski definition) is 4. The van der Waals surface area contributed by atoms with Crippen LogP contribution in [0, 0.1) is 6.92 Å². The van der Waals surface area contributed by atoms with E-state index in [-0.39, 0.29) is 18.0 Å². The number of aromatic nitrogens is 2. The second-order valence-electron chi connectivity index (χ2n) is 4.34. The average Bonchev–Trinajstić information content (AvgIpc) is 2.72. The van der Waals surface area contributed by atoms with E-state index in [0.29, 0.717) is 30.0 Å². The van der Waals surface area contributed by atoms with Crippen molar-refractivity contribution in [3.05, 3.63) is 29.6 Å². The zero-order valence-electron chi connectivity index (χ0n) is 11.4. The molecule has 1 N–H and O–H groups in total. The Labute approximate surface area is 116 Å². The molecule has 0 aliphatic heterocycles. The van der Waals surface area contributed by atoms with Gasteiger partial charge in [0.15, 0.2) is 0 Å². The largest absolute Gasteiger partial charge is 0.478 e. The van der Waals surface area contributed by atoms with Crippen molar-refractivity contribution in [1.29, 1.82) is 0 Å². The van der Waals surface area contributed by atoms with E-state index >= 15 is 0 Å². The number of imidazole rings is 1. The van der Waals surface area contributed by atoms with Gasteiger partial charge in [-0.25, -0.2) is 9.78 Å². The number of carbonyl (C=O) groups excluding carboxylic acids is 1. The Morgan fingerprint density at radius 1 is 1.40 bits per heavy atom. The van der Waals surface area contributed by atoms with Crippen LogP contribution >= 0.6 is 0 Å². The molecule has 0 bridgehead atoms. The minimum absolute atomic E-state index is 0.167. The molecule has 0 saturated heterocycles. The first-order chi connectivity index (χ1) is 9.54. The van der Waals surface area contributed by atoms with E-state index in [2.05, 4.69) is 4.98 Å². The number of carbonyl (C=O) groups is 2. The molecule has 2 rings (SSSR count). The molecule has 0 amide bonds. The fraction of sp³-hybridized carbons (Fsp3) is 0.357.